The summed E-state index contributed by atoms with van der Waals surface area (Å²) in [5.41, 5.74) is 5.40. The van der Waals surface area contributed by atoms with Crippen LogP contribution in [0.3, 0.4) is 0 Å². The van der Waals surface area contributed by atoms with Crippen LogP contribution in [0.25, 0.3) is 0 Å². The first-order chi connectivity index (χ1) is 14.2. The van der Waals surface area contributed by atoms with Crippen LogP contribution in [0, 0.1) is 24.2 Å². The summed E-state index contributed by atoms with van der Waals surface area (Å²) in [5.74, 6) is -2.67. The number of thiophene rings is 1. The van der Waals surface area contributed by atoms with Crippen LogP contribution < -0.4 is 16.4 Å². The van der Waals surface area contributed by atoms with Crippen LogP contribution >= 0.6 is 23.1 Å². The predicted molar refractivity (Wildman–Crippen MR) is 118 cm³/mol. The molecule has 0 saturated carbocycles. The molecular weight excluding hydrogens is 420 g/mol. The molecule has 0 radical (unpaired) electrons. The molecular formula is C21H22N4O3S2. The lowest BCUT2D eigenvalue weighted by molar-refractivity contribution is -0.131. The number of allylic oxidation sites excluding steroid dienone is 1. The van der Waals surface area contributed by atoms with Crippen molar-refractivity contribution in [2.75, 3.05) is 11.1 Å². The van der Waals surface area contributed by atoms with Crippen molar-refractivity contribution in [3.63, 3.8) is 0 Å². The fraction of sp³-hybridized carbons (Fsp3) is 0.286. The molecule has 30 heavy (non-hydrogen) atoms. The van der Waals surface area contributed by atoms with Crippen molar-refractivity contribution in [2.24, 2.45) is 11.7 Å². The van der Waals surface area contributed by atoms with Gasteiger partial charge in [-0.05, 0) is 36.9 Å². The van der Waals surface area contributed by atoms with Crippen molar-refractivity contribution in [3.05, 3.63) is 62.8 Å². The third-order valence-corrected chi connectivity index (χ3v) is 6.87. The number of primary amides is 1. The van der Waals surface area contributed by atoms with E-state index in [9.17, 15) is 20.0 Å². The van der Waals surface area contributed by atoms with Gasteiger partial charge in [-0.1, -0.05) is 36.0 Å². The van der Waals surface area contributed by atoms with Crippen molar-refractivity contribution in [1.82, 2.24) is 5.32 Å². The second-order valence-corrected chi connectivity index (χ2v) is 9.12. The standard InChI is InChI=1S/C21H22N4O3S2/c1-12-6-3-4-7-14(12)24-19(27)18-17(15-8-5-9-29-15)13(10-22)20(25-21(18,2)28)30-11-16(23)26/h3-9,17-18,25,28H,11H2,1-2H3,(H2,23,26)(H,24,27)/t17-,18-,21+/m0/s1. The Balaban J connectivity index is 2.06. The molecule has 2 aromatic rings. The van der Waals surface area contributed by atoms with Crippen molar-refractivity contribution in [2.45, 2.75) is 25.5 Å². The average Bonchev–Trinajstić information content (AvgIpc) is 3.21. The Morgan fingerprint density at radius 1 is 1.37 bits per heavy atom. The Morgan fingerprint density at radius 2 is 2.10 bits per heavy atom. The zero-order chi connectivity index (χ0) is 21.9. The second-order valence-electron chi connectivity index (χ2n) is 7.16. The molecule has 3 atom stereocenters. The van der Waals surface area contributed by atoms with Gasteiger partial charge < -0.3 is 21.5 Å². The van der Waals surface area contributed by atoms with Gasteiger partial charge in [0.25, 0.3) is 0 Å². The Morgan fingerprint density at radius 3 is 2.70 bits per heavy atom. The maximum absolute atomic E-state index is 13.4. The summed E-state index contributed by atoms with van der Waals surface area (Å²) >= 11 is 2.45. The SMILES string of the molecule is Cc1ccccc1NC(=O)[C@@H]1[C@H](c2cccs2)C(C#N)=C(SCC(N)=O)N[C@]1(C)O. The molecule has 5 N–H and O–H groups in total. The minimum absolute atomic E-state index is 0.0547. The van der Waals surface area contributed by atoms with E-state index in [1.807, 2.05) is 42.6 Å². The van der Waals surface area contributed by atoms with E-state index in [2.05, 4.69) is 16.7 Å². The number of para-hydroxylation sites is 1. The topological polar surface area (TPSA) is 128 Å². The smallest absolute Gasteiger partial charge is 0.233 e. The normalized spacial score (nSPS) is 23.4. The van der Waals surface area contributed by atoms with Gasteiger partial charge in [-0.3, -0.25) is 9.59 Å². The quantitative estimate of drug-likeness (QED) is 0.544. The van der Waals surface area contributed by atoms with Gasteiger partial charge in [0.1, 0.15) is 5.72 Å². The van der Waals surface area contributed by atoms with E-state index < -0.39 is 29.4 Å². The Labute approximate surface area is 183 Å². The number of nitrogens with zero attached hydrogens (tertiary/aromatic N) is 1. The molecule has 2 heterocycles. The second kappa shape index (κ2) is 8.92. The molecule has 1 aliphatic heterocycles. The molecule has 0 spiro atoms. The highest BCUT2D eigenvalue weighted by molar-refractivity contribution is 8.03. The summed E-state index contributed by atoms with van der Waals surface area (Å²) in [6.07, 6.45) is 0. The van der Waals surface area contributed by atoms with Crippen LogP contribution in [0.1, 0.15) is 23.3 Å². The maximum atomic E-state index is 13.4. The summed E-state index contributed by atoms with van der Waals surface area (Å²) in [7, 11) is 0. The third-order valence-electron chi connectivity index (χ3n) is 4.88. The number of hydrogen-bond acceptors (Lipinski definition) is 7. The fourth-order valence-corrected chi connectivity index (χ4v) is 5.26. The number of nitrogens with one attached hydrogen (secondary N) is 2. The number of aliphatic hydroxyl groups is 1. The summed E-state index contributed by atoms with van der Waals surface area (Å²) in [4.78, 5) is 25.4. The van der Waals surface area contributed by atoms with Gasteiger partial charge >= 0.3 is 0 Å². The van der Waals surface area contributed by atoms with Crippen LogP contribution in [0.2, 0.25) is 0 Å². The first-order valence-electron chi connectivity index (χ1n) is 9.20. The molecule has 2 amide bonds. The number of thioether (sulfide) groups is 1. The van der Waals surface area contributed by atoms with E-state index in [-0.39, 0.29) is 5.75 Å². The number of carbonyl (C=O) groups excluding carboxylic acids is 2. The lowest BCUT2D eigenvalue weighted by Crippen LogP contribution is -2.57. The highest BCUT2D eigenvalue weighted by Crippen LogP contribution is 2.46. The minimum Gasteiger partial charge on any atom is -0.370 e. The molecule has 1 aromatic carbocycles. The number of carbonyl (C=O) groups is 2. The molecule has 7 nitrogen and oxygen atoms in total. The van der Waals surface area contributed by atoms with Gasteiger partial charge in [-0.2, -0.15) is 5.26 Å². The zero-order valence-corrected chi connectivity index (χ0v) is 18.1. The van der Waals surface area contributed by atoms with Crippen molar-refractivity contribution in [1.29, 1.82) is 5.26 Å². The van der Waals surface area contributed by atoms with E-state index >= 15 is 0 Å². The lowest BCUT2D eigenvalue weighted by atomic mass is 9.76. The molecule has 3 rings (SSSR count). The number of aryl methyl sites for hydroxylation is 1. The van der Waals surface area contributed by atoms with Crippen LogP contribution in [0.4, 0.5) is 5.69 Å². The molecule has 0 fully saturated rings. The lowest BCUT2D eigenvalue weighted by Gasteiger charge is -2.43. The summed E-state index contributed by atoms with van der Waals surface area (Å²) in [6, 6.07) is 13.2. The van der Waals surface area contributed by atoms with E-state index in [4.69, 9.17) is 5.73 Å². The van der Waals surface area contributed by atoms with Crippen molar-refractivity contribution < 1.29 is 14.7 Å². The van der Waals surface area contributed by atoms with Gasteiger partial charge in [0.05, 0.1) is 28.3 Å². The van der Waals surface area contributed by atoms with E-state index in [0.717, 1.165) is 22.2 Å². The van der Waals surface area contributed by atoms with Crippen LogP contribution in [0.15, 0.2) is 52.4 Å². The Kier molecular flexibility index (Phi) is 6.51. The number of benzene rings is 1. The van der Waals surface area contributed by atoms with E-state index in [0.29, 0.717) is 16.3 Å². The van der Waals surface area contributed by atoms with Gasteiger partial charge in [0.15, 0.2) is 0 Å². The molecule has 1 aromatic heterocycles. The number of rotatable bonds is 6. The van der Waals surface area contributed by atoms with Gasteiger partial charge in [-0.15, -0.1) is 11.3 Å². The average molecular weight is 443 g/mol. The summed E-state index contributed by atoms with van der Waals surface area (Å²) in [5, 5.41) is 29.1. The molecule has 0 unspecified atom stereocenters. The fourth-order valence-electron chi connectivity index (χ4n) is 3.49. The molecule has 156 valence electrons. The third kappa shape index (κ3) is 4.51. The Hall–Kier alpha value is -2.80. The van der Waals surface area contributed by atoms with Crippen LogP contribution in [-0.4, -0.2) is 28.4 Å². The van der Waals surface area contributed by atoms with Crippen molar-refractivity contribution >= 4 is 40.6 Å². The first kappa shape index (κ1) is 21.9. The number of nitriles is 1. The van der Waals surface area contributed by atoms with Gasteiger partial charge in [0, 0.05) is 16.5 Å². The van der Waals surface area contributed by atoms with Crippen LogP contribution in [-0.2, 0) is 9.59 Å². The highest BCUT2D eigenvalue weighted by Gasteiger charge is 2.50. The summed E-state index contributed by atoms with van der Waals surface area (Å²) < 4.78 is 0. The van der Waals surface area contributed by atoms with Gasteiger partial charge in [-0.25, -0.2) is 0 Å². The Bertz CT molecular complexity index is 1030. The van der Waals surface area contributed by atoms with Crippen LogP contribution in [0.5, 0.6) is 0 Å². The first-order valence-corrected chi connectivity index (χ1v) is 11.1. The summed E-state index contributed by atoms with van der Waals surface area (Å²) in [6.45, 7) is 3.37. The molecule has 0 aliphatic carbocycles. The highest BCUT2D eigenvalue weighted by atomic mass is 32.2. The monoisotopic (exact) mass is 442 g/mol. The number of amides is 2. The van der Waals surface area contributed by atoms with Gasteiger partial charge in [0.2, 0.25) is 11.8 Å². The predicted octanol–water partition coefficient (Wildman–Crippen LogP) is 2.66. The molecule has 0 bridgehead atoms. The number of hydrogen-bond donors (Lipinski definition) is 4. The molecule has 9 heteroatoms. The minimum atomic E-state index is -1.66. The van der Waals surface area contributed by atoms with E-state index in [1.165, 1.54) is 18.3 Å². The number of nitrogens with two attached hydrogens (primary N) is 1. The zero-order valence-electron chi connectivity index (χ0n) is 16.5. The molecule has 1 aliphatic rings. The maximum Gasteiger partial charge on any atom is 0.233 e. The number of anilines is 1. The molecule has 0 saturated heterocycles. The van der Waals surface area contributed by atoms with Crippen molar-refractivity contribution in [3.8, 4) is 6.07 Å². The largest absolute Gasteiger partial charge is 0.370 e. The van der Waals surface area contributed by atoms with E-state index in [1.54, 1.807) is 6.07 Å².